The first-order chi connectivity index (χ1) is 17.6. The second-order valence-electron chi connectivity index (χ2n) is 11.4. The van der Waals surface area contributed by atoms with Gasteiger partial charge in [-0.3, -0.25) is 4.79 Å². The highest BCUT2D eigenvalue weighted by Gasteiger charge is 2.63. The van der Waals surface area contributed by atoms with Crippen molar-refractivity contribution in [3.05, 3.63) is 58.7 Å². The Hall–Kier alpha value is -1.79. The number of aldehydes is 1. The summed E-state index contributed by atoms with van der Waals surface area (Å²) in [6.45, 7) is 15.0. The van der Waals surface area contributed by atoms with E-state index >= 15 is 0 Å². The van der Waals surface area contributed by atoms with Gasteiger partial charge in [-0.2, -0.15) is 0 Å². The third-order valence-electron chi connectivity index (χ3n) is 8.65. The molecule has 5 unspecified atom stereocenters. The molecule has 37 heavy (non-hydrogen) atoms. The number of ether oxygens (including phenoxy) is 1. The minimum absolute atomic E-state index is 0.0411. The summed E-state index contributed by atoms with van der Waals surface area (Å²) in [6, 6.07) is 0. The fourth-order valence-electron chi connectivity index (χ4n) is 6.60. The van der Waals surface area contributed by atoms with Crippen LogP contribution in [0.2, 0.25) is 0 Å². The quantitative estimate of drug-likeness (QED) is 0.121. The topological polar surface area (TPSA) is 87.0 Å². The molecular weight excluding hydrogens is 464 g/mol. The van der Waals surface area contributed by atoms with Gasteiger partial charge < -0.3 is 20.1 Å². The fourth-order valence-corrected chi connectivity index (χ4v) is 6.60. The van der Waals surface area contributed by atoms with Gasteiger partial charge in [-0.25, -0.2) is 0 Å². The second kappa shape index (κ2) is 14.4. The molecule has 5 heteroatoms. The molecule has 2 fully saturated rings. The number of aliphatic hydroxyl groups excluding tert-OH is 2. The summed E-state index contributed by atoms with van der Waals surface area (Å²) < 4.78 is 5.81. The van der Waals surface area contributed by atoms with Gasteiger partial charge in [0.1, 0.15) is 6.29 Å². The number of hydrogen-bond donors (Lipinski definition) is 3. The van der Waals surface area contributed by atoms with Gasteiger partial charge in [0.25, 0.3) is 0 Å². The van der Waals surface area contributed by atoms with Crippen molar-refractivity contribution in [2.45, 2.75) is 97.7 Å². The average Bonchev–Trinajstić information content (AvgIpc) is 3.19. The van der Waals surface area contributed by atoms with E-state index in [2.05, 4.69) is 26.5 Å². The highest BCUT2D eigenvalue weighted by molar-refractivity contribution is 5.74. The maximum Gasteiger partial charge on any atom is 0.145 e. The molecule has 0 heterocycles. The van der Waals surface area contributed by atoms with Crippen molar-refractivity contribution < 1.29 is 24.9 Å². The lowest BCUT2D eigenvalue weighted by Crippen LogP contribution is -2.59. The lowest BCUT2D eigenvalue weighted by atomic mass is 9.52. The van der Waals surface area contributed by atoms with Gasteiger partial charge in [-0.05, 0) is 103 Å². The van der Waals surface area contributed by atoms with Gasteiger partial charge in [0.05, 0.1) is 18.3 Å². The van der Waals surface area contributed by atoms with Gasteiger partial charge in [0.15, 0.2) is 0 Å². The molecule has 0 radical (unpaired) electrons. The zero-order chi connectivity index (χ0) is 27.6. The van der Waals surface area contributed by atoms with E-state index in [9.17, 15) is 20.1 Å². The molecule has 0 aromatic heterocycles. The van der Waals surface area contributed by atoms with Crippen molar-refractivity contribution in [2.24, 2.45) is 17.3 Å². The molecule has 0 amide bonds. The number of allylic oxidation sites excluding steroid dienone is 8. The number of hydrogen-bond acceptors (Lipinski definition) is 5. The summed E-state index contributed by atoms with van der Waals surface area (Å²) in [6.07, 6.45) is 14.0. The minimum atomic E-state index is -1.08. The van der Waals surface area contributed by atoms with Crippen LogP contribution in [-0.4, -0.2) is 53.1 Å². The second-order valence-corrected chi connectivity index (χ2v) is 11.4. The third kappa shape index (κ3) is 7.41. The lowest BCUT2D eigenvalue weighted by Gasteiger charge is -2.55. The molecule has 2 rings (SSSR count). The molecule has 2 aliphatic carbocycles. The molecule has 5 nitrogen and oxygen atoms in total. The maximum absolute atomic E-state index is 12.0. The molecule has 1 spiro atoms. The van der Waals surface area contributed by atoms with Gasteiger partial charge in [-0.15, -0.1) is 0 Å². The van der Waals surface area contributed by atoms with Crippen LogP contribution in [0, 0.1) is 17.3 Å². The summed E-state index contributed by atoms with van der Waals surface area (Å²) in [5, 5.41) is 33.4. The predicted octanol–water partition coefficient (Wildman–Crippen LogP) is 6.01. The molecule has 2 saturated carbocycles. The Morgan fingerprint density at radius 2 is 1.97 bits per heavy atom. The summed E-state index contributed by atoms with van der Waals surface area (Å²) in [7, 11) is 0. The molecule has 2 aliphatic rings. The smallest absolute Gasteiger partial charge is 0.145 e. The third-order valence-corrected chi connectivity index (χ3v) is 8.65. The van der Waals surface area contributed by atoms with Crippen LogP contribution >= 0.6 is 0 Å². The number of carbonyl (C=O) groups excluding carboxylic acids is 1. The summed E-state index contributed by atoms with van der Waals surface area (Å²) >= 11 is 0. The predicted molar refractivity (Wildman–Crippen MR) is 151 cm³/mol. The molecular formula is C32H50O5. The largest absolute Gasteiger partial charge is 0.396 e. The van der Waals surface area contributed by atoms with Crippen LogP contribution in [0.25, 0.3) is 0 Å². The Kier molecular flexibility index (Phi) is 12.2. The molecule has 3 N–H and O–H groups in total. The SMILES string of the molecule is C=C(C=CC=C(COCC)C1CCC2(C(CCCO)C(=C(C)C=O)CCC2(C)O)C1O)CCC=C(C)C. The fraction of sp³-hybridized carbons (Fsp3) is 0.656. The van der Waals surface area contributed by atoms with E-state index in [1.165, 1.54) is 5.57 Å². The first kappa shape index (κ1) is 31.4. The number of rotatable bonds is 13. The van der Waals surface area contributed by atoms with Crippen LogP contribution < -0.4 is 0 Å². The van der Waals surface area contributed by atoms with E-state index in [1.807, 2.05) is 39.0 Å². The van der Waals surface area contributed by atoms with Gasteiger partial charge in [-0.1, -0.05) is 47.6 Å². The molecule has 0 aliphatic heterocycles. The van der Waals surface area contributed by atoms with Crippen molar-refractivity contribution in [3.8, 4) is 0 Å². The average molecular weight is 515 g/mol. The van der Waals surface area contributed by atoms with Crippen LogP contribution in [0.1, 0.15) is 86.0 Å². The first-order valence-electron chi connectivity index (χ1n) is 14.0. The van der Waals surface area contributed by atoms with E-state index in [0.29, 0.717) is 50.9 Å². The molecule has 0 aromatic rings. The molecule has 0 saturated heterocycles. The highest BCUT2D eigenvalue weighted by atomic mass is 16.5. The van der Waals surface area contributed by atoms with E-state index in [-0.39, 0.29) is 18.4 Å². The van der Waals surface area contributed by atoms with Gasteiger partial charge in [0, 0.05) is 24.5 Å². The van der Waals surface area contributed by atoms with Gasteiger partial charge >= 0.3 is 0 Å². The Morgan fingerprint density at radius 3 is 2.59 bits per heavy atom. The Balaban J connectivity index is 2.41. The van der Waals surface area contributed by atoms with E-state index in [0.717, 1.165) is 42.3 Å². The Bertz CT molecular complexity index is 902. The van der Waals surface area contributed by atoms with Crippen LogP contribution in [0.15, 0.2) is 58.7 Å². The summed E-state index contributed by atoms with van der Waals surface area (Å²) in [5.41, 5.74) is 3.21. The van der Waals surface area contributed by atoms with Crippen molar-refractivity contribution in [1.82, 2.24) is 0 Å². The molecule has 0 aromatic carbocycles. The zero-order valence-corrected chi connectivity index (χ0v) is 23.8. The zero-order valence-electron chi connectivity index (χ0n) is 23.8. The van der Waals surface area contributed by atoms with Crippen LogP contribution in [0.5, 0.6) is 0 Å². The van der Waals surface area contributed by atoms with Crippen molar-refractivity contribution in [2.75, 3.05) is 19.8 Å². The van der Waals surface area contributed by atoms with Crippen LogP contribution in [0.4, 0.5) is 0 Å². The molecule has 0 bridgehead atoms. The minimum Gasteiger partial charge on any atom is -0.396 e. The lowest BCUT2D eigenvalue weighted by molar-refractivity contribution is -0.167. The molecule has 5 atom stereocenters. The van der Waals surface area contributed by atoms with Crippen molar-refractivity contribution in [1.29, 1.82) is 0 Å². The van der Waals surface area contributed by atoms with E-state index < -0.39 is 17.1 Å². The normalized spacial score (nSPS) is 31.7. The highest BCUT2D eigenvalue weighted by Crippen LogP contribution is 2.62. The Morgan fingerprint density at radius 1 is 1.24 bits per heavy atom. The van der Waals surface area contributed by atoms with E-state index in [4.69, 9.17) is 4.74 Å². The van der Waals surface area contributed by atoms with Gasteiger partial charge in [0.2, 0.25) is 0 Å². The summed E-state index contributed by atoms with van der Waals surface area (Å²) in [5.74, 6) is -0.318. The number of carbonyl (C=O) groups is 1. The maximum atomic E-state index is 12.0. The standard InChI is InChI=1S/C32H50O5/c1-7-37-22-26(14-9-13-24(4)12-8-11-23(2)3)28-17-19-32(30(28)35)29(15-10-20-33)27(25(5)21-34)16-18-31(32,6)36/h9,11,13-14,21,28-30,33,35-36H,4,7-8,10,12,15-20,22H2,1-3,5-6H3. The number of aliphatic hydroxyl groups is 3. The van der Waals surface area contributed by atoms with Crippen LogP contribution in [0.3, 0.4) is 0 Å². The van der Waals surface area contributed by atoms with Crippen molar-refractivity contribution >= 4 is 6.29 Å². The van der Waals surface area contributed by atoms with Crippen molar-refractivity contribution in [3.63, 3.8) is 0 Å². The van der Waals surface area contributed by atoms with E-state index in [1.54, 1.807) is 0 Å². The monoisotopic (exact) mass is 514 g/mol. The first-order valence-corrected chi connectivity index (χ1v) is 14.0. The summed E-state index contributed by atoms with van der Waals surface area (Å²) in [4.78, 5) is 11.8. The molecule has 208 valence electrons. The Labute approximate surface area is 224 Å². The van der Waals surface area contributed by atoms with Crippen LogP contribution in [-0.2, 0) is 9.53 Å².